The molecule has 2 amide bonds. The second kappa shape index (κ2) is 6.09. The standard InChI is InChI=1S/C10H18N2O4/c1-5(6(2)10(15)16)8(13)12-7(3)9(14)11-4/h5-7H,1-4H3,(H,11,14)(H,12,13)(H,15,16). The van der Waals surface area contributed by atoms with Gasteiger partial charge in [-0.2, -0.15) is 0 Å². The van der Waals surface area contributed by atoms with Gasteiger partial charge in [-0.05, 0) is 6.92 Å². The number of rotatable bonds is 5. The maximum atomic E-state index is 11.6. The van der Waals surface area contributed by atoms with E-state index in [0.717, 1.165) is 0 Å². The van der Waals surface area contributed by atoms with E-state index >= 15 is 0 Å². The molecule has 0 spiro atoms. The van der Waals surface area contributed by atoms with Crippen molar-refractivity contribution in [3.05, 3.63) is 0 Å². The van der Waals surface area contributed by atoms with Gasteiger partial charge in [0.15, 0.2) is 0 Å². The fourth-order valence-electron chi connectivity index (χ4n) is 1.07. The second-order valence-electron chi connectivity index (χ2n) is 3.76. The molecular weight excluding hydrogens is 212 g/mol. The van der Waals surface area contributed by atoms with Crippen LogP contribution in [0, 0.1) is 11.8 Å². The smallest absolute Gasteiger partial charge is 0.307 e. The van der Waals surface area contributed by atoms with Crippen LogP contribution in [-0.4, -0.2) is 36.0 Å². The van der Waals surface area contributed by atoms with Gasteiger partial charge in [0, 0.05) is 13.0 Å². The number of carboxylic acid groups (broad SMARTS) is 1. The lowest BCUT2D eigenvalue weighted by atomic mass is 9.95. The summed E-state index contributed by atoms with van der Waals surface area (Å²) in [5, 5.41) is 13.6. The van der Waals surface area contributed by atoms with E-state index in [9.17, 15) is 14.4 Å². The first-order valence-electron chi connectivity index (χ1n) is 5.06. The van der Waals surface area contributed by atoms with Gasteiger partial charge in [0.25, 0.3) is 0 Å². The molecule has 0 aromatic carbocycles. The van der Waals surface area contributed by atoms with E-state index in [1.165, 1.54) is 27.8 Å². The number of carbonyl (C=O) groups excluding carboxylic acids is 2. The van der Waals surface area contributed by atoms with Gasteiger partial charge in [-0.15, -0.1) is 0 Å². The van der Waals surface area contributed by atoms with Crippen LogP contribution in [0.1, 0.15) is 20.8 Å². The van der Waals surface area contributed by atoms with Crippen LogP contribution >= 0.6 is 0 Å². The summed E-state index contributed by atoms with van der Waals surface area (Å²) in [6, 6.07) is -0.666. The van der Waals surface area contributed by atoms with Crippen LogP contribution in [0.4, 0.5) is 0 Å². The van der Waals surface area contributed by atoms with Crippen molar-refractivity contribution >= 4 is 17.8 Å². The van der Waals surface area contributed by atoms with Crippen molar-refractivity contribution in [2.75, 3.05) is 7.05 Å². The van der Waals surface area contributed by atoms with Crippen LogP contribution in [0.25, 0.3) is 0 Å². The normalized spacial score (nSPS) is 15.8. The number of hydrogen-bond acceptors (Lipinski definition) is 3. The summed E-state index contributed by atoms with van der Waals surface area (Å²) in [5.41, 5.74) is 0. The van der Waals surface area contributed by atoms with Gasteiger partial charge < -0.3 is 15.7 Å². The number of hydrogen-bond donors (Lipinski definition) is 3. The second-order valence-corrected chi connectivity index (χ2v) is 3.76. The van der Waals surface area contributed by atoms with E-state index in [2.05, 4.69) is 10.6 Å². The highest BCUT2D eigenvalue weighted by Gasteiger charge is 2.27. The fourth-order valence-corrected chi connectivity index (χ4v) is 1.07. The third kappa shape index (κ3) is 3.88. The van der Waals surface area contributed by atoms with Gasteiger partial charge in [0.2, 0.25) is 11.8 Å². The number of carbonyl (C=O) groups is 3. The van der Waals surface area contributed by atoms with Gasteiger partial charge in [0.1, 0.15) is 6.04 Å². The number of nitrogens with one attached hydrogen (secondary N) is 2. The average Bonchev–Trinajstić information content (AvgIpc) is 2.25. The third-order valence-corrected chi connectivity index (χ3v) is 2.55. The Morgan fingerprint density at radius 2 is 1.50 bits per heavy atom. The summed E-state index contributed by atoms with van der Waals surface area (Å²) in [5.74, 6) is -3.24. The van der Waals surface area contributed by atoms with Crippen molar-refractivity contribution in [2.24, 2.45) is 11.8 Å². The van der Waals surface area contributed by atoms with Crippen molar-refractivity contribution in [3.63, 3.8) is 0 Å². The lowest BCUT2D eigenvalue weighted by molar-refractivity contribution is -0.146. The van der Waals surface area contributed by atoms with E-state index in [1.807, 2.05) is 0 Å². The van der Waals surface area contributed by atoms with Gasteiger partial charge >= 0.3 is 5.97 Å². The van der Waals surface area contributed by atoms with Gasteiger partial charge in [0.05, 0.1) is 5.92 Å². The number of likely N-dealkylation sites (N-methyl/N-ethyl adjacent to an activating group) is 1. The Labute approximate surface area is 94.4 Å². The molecule has 0 aromatic rings. The summed E-state index contributed by atoms with van der Waals surface area (Å²) < 4.78 is 0. The lowest BCUT2D eigenvalue weighted by Gasteiger charge is -2.18. The van der Waals surface area contributed by atoms with Crippen LogP contribution in [0.5, 0.6) is 0 Å². The molecule has 0 saturated carbocycles. The quantitative estimate of drug-likeness (QED) is 0.598. The predicted octanol–water partition coefficient (Wildman–Crippen LogP) is -0.406. The molecule has 16 heavy (non-hydrogen) atoms. The Bertz CT molecular complexity index is 291. The Morgan fingerprint density at radius 1 is 1.00 bits per heavy atom. The molecule has 3 unspecified atom stereocenters. The minimum atomic E-state index is -1.03. The molecule has 0 fully saturated rings. The Morgan fingerprint density at radius 3 is 1.88 bits per heavy atom. The highest BCUT2D eigenvalue weighted by Crippen LogP contribution is 2.11. The molecule has 3 atom stereocenters. The Balaban J connectivity index is 4.36. The third-order valence-electron chi connectivity index (χ3n) is 2.55. The van der Waals surface area contributed by atoms with E-state index in [0.29, 0.717) is 0 Å². The largest absolute Gasteiger partial charge is 0.481 e. The molecule has 0 aromatic heterocycles. The van der Waals surface area contributed by atoms with Crippen LogP contribution < -0.4 is 10.6 Å². The SMILES string of the molecule is CNC(=O)C(C)NC(=O)C(C)C(C)C(=O)O. The highest BCUT2D eigenvalue weighted by atomic mass is 16.4. The maximum Gasteiger partial charge on any atom is 0.307 e. The number of carboxylic acids is 1. The average molecular weight is 230 g/mol. The molecule has 0 aliphatic carbocycles. The molecule has 0 aliphatic heterocycles. The van der Waals surface area contributed by atoms with Crippen molar-refractivity contribution in [3.8, 4) is 0 Å². The highest BCUT2D eigenvalue weighted by molar-refractivity contribution is 5.89. The molecule has 0 heterocycles. The van der Waals surface area contributed by atoms with Crippen LogP contribution in [0.3, 0.4) is 0 Å². The summed E-state index contributed by atoms with van der Waals surface area (Å²) >= 11 is 0. The van der Waals surface area contributed by atoms with Crippen molar-refractivity contribution in [1.29, 1.82) is 0 Å². The number of amides is 2. The summed E-state index contributed by atoms with van der Waals surface area (Å²) in [4.78, 5) is 33.4. The van der Waals surface area contributed by atoms with Gasteiger partial charge in [-0.1, -0.05) is 13.8 Å². The van der Waals surface area contributed by atoms with Crippen molar-refractivity contribution in [1.82, 2.24) is 10.6 Å². The zero-order valence-corrected chi connectivity index (χ0v) is 9.90. The summed E-state index contributed by atoms with van der Waals surface area (Å²) in [6.45, 7) is 4.51. The van der Waals surface area contributed by atoms with Gasteiger partial charge in [-0.3, -0.25) is 14.4 Å². The molecular formula is C10H18N2O4. The molecule has 6 heteroatoms. The van der Waals surface area contributed by atoms with E-state index < -0.39 is 29.8 Å². The number of aliphatic carboxylic acids is 1. The molecule has 0 radical (unpaired) electrons. The summed E-state index contributed by atoms with van der Waals surface area (Å²) in [6.07, 6.45) is 0. The lowest BCUT2D eigenvalue weighted by Crippen LogP contribution is -2.46. The molecule has 3 N–H and O–H groups in total. The van der Waals surface area contributed by atoms with Crippen molar-refractivity contribution in [2.45, 2.75) is 26.8 Å². The van der Waals surface area contributed by atoms with Crippen LogP contribution in [0.2, 0.25) is 0 Å². The van der Waals surface area contributed by atoms with Gasteiger partial charge in [-0.25, -0.2) is 0 Å². The zero-order valence-electron chi connectivity index (χ0n) is 9.90. The maximum absolute atomic E-state index is 11.6. The monoisotopic (exact) mass is 230 g/mol. The topological polar surface area (TPSA) is 95.5 Å². The molecule has 6 nitrogen and oxygen atoms in total. The first-order valence-corrected chi connectivity index (χ1v) is 5.06. The molecule has 0 saturated heterocycles. The first-order chi connectivity index (χ1) is 7.31. The van der Waals surface area contributed by atoms with Crippen LogP contribution in [-0.2, 0) is 14.4 Å². The van der Waals surface area contributed by atoms with E-state index in [1.54, 1.807) is 0 Å². The molecule has 0 bridgehead atoms. The predicted molar refractivity (Wildman–Crippen MR) is 57.6 cm³/mol. The van der Waals surface area contributed by atoms with Crippen molar-refractivity contribution < 1.29 is 19.5 Å². The fraction of sp³-hybridized carbons (Fsp3) is 0.700. The van der Waals surface area contributed by atoms with E-state index in [4.69, 9.17) is 5.11 Å². The summed E-state index contributed by atoms with van der Waals surface area (Å²) in [7, 11) is 1.47. The minimum Gasteiger partial charge on any atom is -0.481 e. The van der Waals surface area contributed by atoms with Crippen LogP contribution in [0.15, 0.2) is 0 Å². The molecule has 92 valence electrons. The zero-order chi connectivity index (χ0) is 12.9. The molecule has 0 aliphatic rings. The Kier molecular flexibility index (Phi) is 5.49. The molecule has 0 rings (SSSR count). The van der Waals surface area contributed by atoms with E-state index in [-0.39, 0.29) is 5.91 Å². The first kappa shape index (κ1) is 14.4. The minimum absolute atomic E-state index is 0.316. The Hall–Kier alpha value is -1.59.